The highest BCUT2D eigenvalue weighted by molar-refractivity contribution is 5.89. The maximum Gasteiger partial charge on any atom is 0.328 e. The van der Waals surface area contributed by atoms with Gasteiger partial charge in [0.1, 0.15) is 5.75 Å². The van der Waals surface area contributed by atoms with Gasteiger partial charge >= 0.3 is 5.97 Å². The molecule has 0 aliphatic rings. The monoisotopic (exact) mass is 192 g/mol. The fraction of sp³-hybridized carbons (Fsp3) is 0. The van der Waals surface area contributed by atoms with E-state index in [1.54, 1.807) is 0 Å². The molecule has 0 atom stereocenters. The third-order valence-corrected chi connectivity index (χ3v) is 1.60. The Bertz CT molecular complexity index is 393. The minimum absolute atomic E-state index is 0.0282. The second-order valence-electron chi connectivity index (χ2n) is 2.60. The van der Waals surface area contributed by atoms with Crippen molar-refractivity contribution < 1.29 is 19.8 Å². The molecule has 0 spiro atoms. The summed E-state index contributed by atoms with van der Waals surface area (Å²) in [6.07, 6.45) is 2.78. The molecule has 2 N–H and O–H groups in total. The molecule has 0 bridgehead atoms. The smallest absolute Gasteiger partial charge is 0.328 e. The van der Waals surface area contributed by atoms with Crippen molar-refractivity contribution in [3.63, 3.8) is 0 Å². The lowest BCUT2D eigenvalue weighted by Gasteiger charge is -1.98. The molecular formula is C10H8O4. The molecule has 0 unspecified atom stereocenters. The number of carboxylic acid groups (broad SMARTS) is 1. The van der Waals surface area contributed by atoms with Gasteiger partial charge in [-0.05, 0) is 23.8 Å². The van der Waals surface area contributed by atoms with Crippen molar-refractivity contribution in [2.24, 2.45) is 0 Å². The molecule has 0 saturated carbocycles. The Kier molecular flexibility index (Phi) is 3.01. The molecule has 0 aromatic heterocycles. The van der Waals surface area contributed by atoms with Gasteiger partial charge in [-0.3, -0.25) is 4.79 Å². The number of carbonyl (C=O) groups excluding carboxylic acids is 1. The quantitative estimate of drug-likeness (QED) is 0.559. The summed E-state index contributed by atoms with van der Waals surface area (Å²) in [5, 5.41) is 17.4. The van der Waals surface area contributed by atoms with E-state index in [2.05, 4.69) is 0 Å². The second-order valence-corrected chi connectivity index (χ2v) is 2.60. The Morgan fingerprint density at radius 1 is 1.29 bits per heavy atom. The van der Waals surface area contributed by atoms with Gasteiger partial charge in [0, 0.05) is 11.6 Å². The van der Waals surface area contributed by atoms with E-state index in [1.165, 1.54) is 24.3 Å². The van der Waals surface area contributed by atoms with Crippen LogP contribution in [0, 0.1) is 0 Å². The molecular weight excluding hydrogens is 184 g/mol. The fourth-order valence-electron chi connectivity index (χ4n) is 0.977. The zero-order chi connectivity index (χ0) is 10.6. The SMILES string of the molecule is O=Cc1cc(O)ccc1/C=C/C(=O)O. The van der Waals surface area contributed by atoms with E-state index in [0.29, 0.717) is 11.8 Å². The first-order chi connectivity index (χ1) is 6.63. The number of aliphatic carboxylic acids is 1. The van der Waals surface area contributed by atoms with Gasteiger partial charge in [-0.2, -0.15) is 0 Å². The Hall–Kier alpha value is -2.10. The van der Waals surface area contributed by atoms with Gasteiger partial charge < -0.3 is 10.2 Å². The maximum absolute atomic E-state index is 10.5. The highest BCUT2D eigenvalue weighted by Crippen LogP contribution is 2.16. The molecule has 4 heteroatoms. The van der Waals surface area contributed by atoms with Crippen LogP contribution in [0.25, 0.3) is 6.08 Å². The third kappa shape index (κ3) is 2.45. The number of carboxylic acids is 1. The lowest BCUT2D eigenvalue weighted by atomic mass is 10.1. The predicted octanol–water partition coefficient (Wildman–Crippen LogP) is 1.30. The highest BCUT2D eigenvalue weighted by Gasteiger charge is 1.99. The average molecular weight is 192 g/mol. The van der Waals surface area contributed by atoms with Crippen LogP contribution >= 0.6 is 0 Å². The lowest BCUT2D eigenvalue weighted by Crippen LogP contribution is -1.89. The second kappa shape index (κ2) is 4.23. The number of phenolic OH excluding ortho intramolecular Hbond substituents is 1. The van der Waals surface area contributed by atoms with Crippen LogP contribution in [0.3, 0.4) is 0 Å². The predicted molar refractivity (Wildman–Crippen MR) is 50.2 cm³/mol. The van der Waals surface area contributed by atoms with Crippen molar-refractivity contribution in [2.45, 2.75) is 0 Å². The third-order valence-electron chi connectivity index (χ3n) is 1.60. The van der Waals surface area contributed by atoms with Crippen LogP contribution in [0.2, 0.25) is 0 Å². The summed E-state index contributed by atoms with van der Waals surface area (Å²) >= 11 is 0. The van der Waals surface area contributed by atoms with Crippen LogP contribution in [-0.2, 0) is 4.79 Å². The first-order valence-electron chi connectivity index (χ1n) is 3.82. The summed E-state index contributed by atoms with van der Waals surface area (Å²) in [6.45, 7) is 0. The normalized spacial score (nSPS) is 10.3. The molecule has 0 aliphatic heterocycles. The van der Waals surface area contributed by atoms with Crippen molar-refractivity contribution in [3.8, 4) is 5.75 Å². The van der Waals surface area contributed by atoms with E-state index >= 15 is 0 Å². The number of aromatic hydroxyl groups is 1. The van der Waals surface area contributed by atoms with Gasteiger partial charge in [0.25, 0.3) is 0 Å². The van der Waals surface area contributed by atoms with Crippen molar-refractivity contribution in [1.29, 1.82) is 0 Å². The first-order valence-corrected chi connectivity index (χ1v) is 3.82. The van der Waals surface area contributed by atoms with Crippen LogP contribution in [0.15, 0.2) is 24.3 Å². The van der Waals surface area contributed by atoms with Crippen LogP contribution in [-0.4, -0.2) is 22.5 Å². The molecule has 0 heterocycles. The molecule has 4 nitrogen and oxygen atoms in total. The minimum Gasteiger partial charge on any atom is -0.508 e. The largest absolute Gasteiger partial charge is 0.508 e. The van der Waals surface area contributed by atoms with Crippen LogP contribution in [0.5, 0.6) is 5.75 Å². The number of aldehydes is 1. The molecule has 1 aromatic carbocycles. The molecule has 72 valence electrons. The number of phenols is 1. The van der Waals surface area contributed by atoms with Gasteiger partial charge in [-0.25, -0.2) is 4.79 Å². The summed E-state index contributed by atoms with van der Waals surface area (Å²) in [7, 11) is 0. The molecule has 0 radical (unpaired) electrons. The van der Waals surface area contributed by atoms with E-state index in [0.717, 1.165) is 6.08 Å². The van der Waals surface area contributed by atoms with Crippen LogP contribution in [0.1, 0.15) is 15.9 Å². The zero-order valence-corrected chi connectivity index (χ0v) is 7.18. The molecule has 0 amide bonds. The van der Waals surface area contributed by atoms with E-state index in [4.69, 9.17) is 10.2 Å². The maximum atomic E-state index is 10.5. The van der Waals surface area contributed by atoms with E-state index in [1.807, 2.05) is 0 Å². The lowest BCUT2D eigenvalue weighted by molar-refractivity contribution is -0.131. The Balaban J connectivity index is 3.08. The van der Waals surface area contributed by atoms with E-state index in [-0.39, 0.29) is 11.3 Å². The molecule has 0 aliphatic carbocycles. The van der Waals surface area contributed by atoms with Gasteiger partial charge in [-0.1, -0.05) is 6.07 Å². The summed E-state index contributed by atoms with van der Waals surface area (Å²) in [6, 6.07) is 4.13. The number of benzene rings is 1. The van der Waals surface area contributed by atoms with Crippen molar-refractivity contribution in [2.75, 3.05) is 0 Å². The van der Waals surface area contributed by atoms with Crippen LogP contribution < -0.4 is 0 Å². The molecule has 1 rings (SSSR count). The standard InChI is InChI=1S/C10H8O4/c11-6-8-5-9(12)3-1-7(8)2-4-10(13)14/h1-6,12H,(H,13,14)/b4-2+. The number of hydrogen-bond acceptors (Lipinski definition) is 3. The van der Waals surface area contributed by atoms with Gasteiger partial charge in [0.2, 0.25) is 0 Å². The molecule has 14 heavy (non-hydrogen) atoms. The molecule has 1 aromatic rings. The molecule has 0 fully saturated rings. The number of hydrogen-bond donors (Lipinski definition) is 2. The topological polar surface area (TPSA) is 74.6 Å². The fourth-order valence-corrected chi connectivity index (χ4v) is 0.977. The number of carbonyl (C=O) groups is 2. The average Bonchev–Trinajstić information content (AvgIpc) is 2.15. The van der Waals surface area contributed by atoms with Crippen molar-refractivity contribution in [3.05, 3.63) is 35.4 Å². The number of rotatable bonds is 3. The van der Waals surface area contributed by atoms with Gasteiger partial charge in [0.15, 0.2) is 6.29 Å². The summed E-state index contributed by atoms with van der Waals surface area (Å²) in [5.41, 5.74) is 0.711. The summed E-state index contributed by atoms with van der Waals surface area (Å²) in [4.78, 5) is 20.7. The minimum atomic E-state index is -1.09. The van der Waals surface area contributed by atoms with Crippen molar-refractivity contribution in [1.82, 2.24) is 0 Å². The van der Waals surface area contributed by atoms with E-state index in [9.17, 15) is 9.59 Å². The summed E-state index contributed by atoms with van der Waals surface area (Å²) in [5.74, 6) is -1.12. The highest BCUT2D eigenvalue weighted by atomic mass is 16.4. The van der Waals surface area contributed by atoms with Crippen LogP contribution in [0.4, 0.5) is 0 Å². The first kappa shape index (κ1) is 9.98. The zero-order valence-electron chi connectivity index (χ0n) is 7.18. The Labute approximate surface area is 80.1 Å². The Morgan fingerprint density at radius 2 is 2.00 bits per heavy atom. The van der Waals surface area contributed by atoms with Gasteiger partial charge in [0.05, 0.1) is 0 Å². The summed E-state index contributed by atoms with van der Waals surface area (Å²) < 4.78 is 0. The van der Waals surface area contributed by atoms with Gasteiger partial charge in [-0.15, -0.1) is 0 Å². The Morgan fingerprint density at radius 3 is 2.57 bits per heavy atom. The van der Waals surface area contributed by atoms with E-state index < -0.39 is 5.97 Å². The van der Waals surface area contributed by atoms with Crippen molar-refractivity contribution >= 4 is 18.3 Å². The molecule has 0 saturated heterocycles.